The lowest BCUT2D eigenvalue weighted by atomic mass is 10.2. The van der Waals surface area contributed by atoms with Gasteiger partial charge in [-0.1, -0.05) is 30.3 Å². The summed E-state index contributed by atoms with van der Waals surface area (Å²) in [6.07, 6.45) is -0.303. The molecule has 7 nitrogen and oxygen atoms in total. The lowest BCUT2D eigenvalue weighted by Gasteiger charge is -2.11. The van der Waals surface area contributed by atoms with Crippen molar-refractivity contribution in [3.8, 4) is 0 Å². The van der Waals surface area contributed by atoms with Crippen molar-refractivity contribution in [2.45, 2.75) is 17.9 Å². The number of fused-ring (bicyclic) bond motifs is 1. The van der Waals surface area contributed by atoms with Crippen LogP contribution in [0.25, 0.3) is 0 Å². The summed E-state index contributed by atoms with van der Waals surface area (Å²) in [6.45, 7) is 0.156. The second-order valence-corrected chi connectivity index (χ2v) is 7.06. The number of anilines is 2. The lowest BCUT2D eigenvalue weighted by Crippen LogP contribution is -2.23. The van der Waals surface area contributed by atoms with Gasteiger partial charge >= 0.3 is 0 Å². The Kier molecular flexibility index (Phi) is 4.32. The van der Waals surface area contributed by atoms with Gasteiger partial charge in [0.25, 0.3) is 0 Å². The molecule has 2 aromatic rings. The third kappa shape index (κ3) is 3.61. The SMILES string of the molecule is O=C1CC(=O)Nc2cc(S(=O)(=O)NCc3ccccc3)ccc2N1. The van der Waals surface area contributed by atoms with E-state index in [9.17, 15) is 18.0 Å². The van der Waals surface area contributed by atoms with Crippen LogP contribution in [0.15, 0.2) is 53.4 Å². The third-order valence-electron chi connectivity index (χ3n) is 3.48. The van der Waals surface area contributed by atoms with Crippen molar-refractivity contribution in [1.29, 1.82) is 0 Å². The predicted octanol–water partition coefficient (Wildman–Crippen LogP) is 1.45. The second kappa shape index (κ2) is 6.42. The summed E-state index contributed by atoms with van der Waals surface area (Å²) in [7, 11) is -3.75. The first-order valence-electron chi connectivity index (χ1n) is 7.21. The molecule has 0 fully saturated rings. The molecule has 3 rings (SSSR count). The van der Waals surface area contributed by atoms with Gasteiger partial charge in [0, 0.05) is 6.54 Å². The molecule has 8 heteroatoms. The van der Waals surface area contributed by atoms with E-state index in [4.69, 9.17) is 0 Å². The zero-order valence-corrected chi connectivity index (χ0v) is 13.4. The third-order valence-corrected chi connectivity index (χ3v) is 4.88. The number of hydrogen-bond acceptors (Lipinski definition) is 4. The summed E-state index contributed by atoms with van der Waals surface area (Å²) in [5.41, 5.74) is 1.46. The van der Waals surface area contributed by atoms with Gasteiger partial charge in [-0.25, -0.2) is 13.1 Å². The summed E-state index contributed by atoms with van der Waals surface area (Å²) in [5.74, 6) is -0.929. The van der Waals surface area contributed by atoms with Gasteiger partial charge in [-0.05, 0) is 23.8 Å². The Morgan fingerprint density at radius 2 is 1.58 bits per heavy atom. The van der Waals surface area contributed by atoms with Crippen LogP contribution in [-0.2, 0) is 26.2 Å². The van der Waals surface area contributed by atoms with E-state index in [-0.39, 0.29) is 23.5 Å². The van der Waals surface area contributed by atoms with Crippen molar-refractivity contribution in [3.63, 3.8) is 0 Å². The Bertz CT molecular complexity index is 895. The van der Waals surface area contributed by atoms with Crippen molar-refractivity contribution < 1.29 is 18.0 Å². The van der Waals surface area contributed by atoms with E-state index in [0.717, 1.165) is 5.56 Å². The molecule has 3 N–H and O–H groups in total. The Hall–Kier alpha value is -2.71. The molecule has 0 spiro atoms. The zero-order chi connectivity index (χ0) is 17.2. The van der Waals surface area contributed by atoms with Gasteiger partial charge in [0.2, 0.25) is 21.8 Å². The van der Waals surface area contributed by atoms with E-state index in [2.05, 4.69) is 15.4 Å². The maximum absolute atomic E-state index is 12.4. The highest BCUT2D eigenvalue weighted by atomic mass is 32.2. The van der Waals surface area contributed by atoms with Crippen molar-refractivity contribution in [2.75, 3.05) is 10.6 Å². The normalized spacial score (nSPS) is 14.3. The molecule has 0 aliphatic carbocycles. The number of hydrogen-bond donors (Lipinski definition) is 3. The van der Waals surface area contributed by atoms with E-state index in [1.807, 2.05) is 30.3 Å². The van der Waals surface area contributed by atoms with Crippen LogP contribution < -0.4 is 15.4 Å². The first-order valence-corrected chi connectivity index (χ1v) is 8.70. The highest BCUT2D eigenvalue weighted by Gasteiger charge is 2.21. The smallest absolute Gasteiger partial charge is 0.240 e. The molecule has 0 radical (unpaired) electrons. The Morgan fingerprint density at radius 3 is 2.29 bits per heavy atom. The Morgan fingerprint density at radius 1 is 0.917 bits per heavy atom. The molecular formula is C16H15N3O4S. The minimum Gasteiger partial charge on any atom is -0.324 e. The first-order chi connectivity index (χ1) is 11.4. The lowest BCUT2D eigenvalue weighted by molar-refractivity contribution is -0.123. The van der Waals surface area contributed by atoms with Crippen molar-refractivity contribution in [2.24, 2.45) is 0 Å². The zero-order valence-electron chi connectivity index (χ0n) is 12.6. The Labute approximate surface area is 139 Å². The van der Waals surface area contributed by atoms with Crippen LogP contribution in [0, 0.1) is 0 Å². The van der Waals surface area contributed by atoms with Gasteiger partial charge in [0.05, 0.1) is 16.3 Å². The van der Waals surface area contributed by atoms with Crippen LogP contribution >= 0.6 is 0 Å². The highest BCUT2D eigenvalue weighted by Crippen LogP contribution is 2.27. The summed E-state index contributed by atoms with van der Waals surface area (Å²) in [6, 6.07) is 13.3. The van der Waals surface area contributed by atoms with Crippen molar-refractivity contribution in [3.05, 3.63) is 54.1 Å². The number of benzene rings is 2. The van der Waals surface area contributed by atoms with Crippen LogP contribution in [-0.4, -0.2) is 20.2 Å². The number of rotatable bonds is 4. The molecule has 0 atom stereocenters. The Balaban J connectivity index is 1.84. The van der Waals surface area contributed by atoms with Gasteiger partial charge in [0.1, 0.15) is 6.42 Å². The topological polar surface area (TPSA) is 104 Å². The molecule has 0 aromatic heterocycles. The van der Waals surface area contributed by atoms with Crippen LogP contribution in [0.3, 0.4) is 0 Å². The molecule has 1 heterocycles. The van der Waals surface area contributed by atoms with Gasteiger partial charge in [-0.15, -0.1) is 0 Å². The molecular weight excluding hydrogens is 330 g/mol. The van der Waals surface area contributed by atoms with Crippen LogP contribution in [0.4, 0.5) is 11.4 Å². The van der Waals surface area contributed by atoms with Crippen molar-refractivity contribution in [1.82, 2.24) is 4.72 Å². The van der Waals surface area contributed by atoms with E-state index in [1.54, 1.807) is 0 Å². The number of amides is 2. The molecule has 0 unspecified atom stereocenters. The molecule has 0 saturated carbocycles. The van der Waals surface area contributed by atoms with Crippen LogP contribution in [0.2, 0.25) is 0 Å². The van der Waals surface area contributed by atoms with E-state index < -0.39 is 21.8 Å². The summed E-state index contributed by atoms with van der Waals surface area (Å²) < 4.78 is 27.3. The van der Waals surface area contributed by atoms with E-state index in [1.165, 1.54) is 18.2 Å². The molecule has 2 aromatic carbocycles. The van der Waals surface area contributed by atoms with Gasteiger partial charge < -0.3 is 10.6 Å². The monoisotopic (exact) mass is 345 g/mol. The average molecular weight is 345 g/mol. The number of sulfonamides is 1. The van der Waals surface area contributed by atoms with Crippen LogP contribution in [0.5, 0.6) is 0 Å². The minimum absolute atomic E-state index is 0.00799. The molecule has 124 valence electrons. The maximum atomic E-state index is 12.4. The molecule has 0 bridgehead atoms. The second-order valence-electron chi connectivity index (χ2n) is 5.29. The van der Waals surface area contributed by atoms with Crippen LogP contribution in [0.1, 0.15) is 12.0 Å². The number of nitrogens with one attached hydrogen (secondary N) is 3. The van der Waals surface area contributed by atoms with Gasteiger partial charge in [0.15, 0.2) is 0 Å². The average Bonchev–Trinajstić information content (AvgIpc) is 2.69. The largest absolute Gasteiger partial charge is 0.324 e. The van der Waals surface area contributed by atoms with Crippen molar-refractivity contribution >= 4 is 33.2 Å². The molecule has 0 saturated heterocycles. The molecule has 1 aliphatic heterocycles. The number of carbonyl (C=O) groups excluding carboxylic acids is 2. The minimum atomic E-state index is -3.75. The van der Waals surface area contributed by atoms with Gasteiger partial charge in [-0.3, -0.25) is 9.59 Å². The quantitative estimate of drug-likeness (QED) is 0.729. The summed E-state index contributed by atoms with van der Waals surface area (Å²) >= 11 is 0. The number of carbonyl (C=O) groups is 2. The summed E-state index contributed by atoms with van der Waals surface area (Å²) in [5, 5.41) is 5.08. The van der Waals surface area contributed by atoms with E-state index in [0.29, 0.717) is 5.69 Å². The van der Waals surface area contributed by atoms with Gasteiger partial charge in [-0.2, -0.15) is 0 Å². The molecule has 24 heavy (non-hydrogen) atoms. The predicted molar refractivity (Wildman–Crippen MR) is 88.8 cm³/mol. The fourth-order valence-corrected chi connectivity index (χ4v) is 3.34. The van der Waals surface area contributed by atoms with E-state index >= 15 is 0 Å². The standard InChI is InChI=1S/C16H15N3O4S/c20-15-9-16(21)19-14-8-12(6-7-13(14)18-15)24(22,23)17-10-11-4-2-1-3-5-11/h1-8,17H,9-10H2,(H,18,20)(H,19,21). The maximum Gasteiger partial charge on any atom is 0.240 e. The summed E-state index contributed by atoms with van der Waals surface area (Å²) in [4.78, 5) is 23.1. The fourth-order valence-electron chi connectivity index (χ4n) is 2.30. The first kappa shape index (κ1) is 16.2. The highest BCUT2D eigenvalue weighted by molar-refractivity contribution is 7.89. The molecule has 2 amide bonds. The molecule has 1 aliphatic rings. The fraction of sp³-hybridized carbons (Fsp3) is 0.125.